The van der Waals surface area contributed by atoms with Gasteiger partial charge < -0.3 is 14.4 Å². The van der Waals surface area contributed by atoms with E-state index in [1.165, 1.54) is 23.8 Å². The monoisotopic (exact) mass is 297 g/mol. The highest BCUT2D eigenvalue weighted by molar-refractivity contribution is 5.76. The number of hydrogen-bond acceptors (Lipinski definition) is 4. The van der Waals surface area contributed by atoms with Crippen molar-refractivity contribution >= 4 is 11.7 Å². The Balaban J connectivity index is 2.03. The van der Waals surface area contributed by atoms with Crippen LogP contribution in [0.3, 0.4) is 0 Å². The maximum Gasteiger partial charge on any atom is 0.325 e. The second kappa shape index (κ2) is 6.10. The lowest BCUT2D eigenvalue weighted by Gasteiger charge is -2.24. The van der Waals surface area contributed by atoms with Crippen LogP contribution in [-0.4, -0.2) is 26.7 Å². The summed E-state index contributed by atoms with van der Waals surface area (Å²) in [5, 5.41) is 0. The van der Waals surface area contributed by atoms with Gasteiger partial charge >= 0.3 is 5.97 Å². The van der Waals surface area contributed by atoms with Crippen LogP contribution in [0.4, 0.5) is 5.69 Å². The van der Waals surface area contributed by atoms with Gasteiger partial charge in [-0.05, 0) is 41.3 Å². The van der Waals surface area contributed by atoms with Crippen LogP contribution in [0.5, 0.6) is 5.75 Å². The molecule has 1 aliphatic rings. The van der Waals surface area contributed by atoms with Gasteiger partial charge in [-0.15, -0.1) is 0 Å². The molecule has 0 aliphatic carbocycles. The molecule has 0 spiro atoms. The molecule has 0 aromatic heterocycles. The summed E-state index contributed by atoms with van der Waals surface area (Å²) in [4.78, 5) is 13.8. The van der Waals surface area contributed by atoms with Crippen molar-refractivity contribution in [2.45, 2.75) is 13.0 Å². The van der Waals surface area contributed by atoms with Crippen molar-refractivity contribution in [1.82, 2.24) is 0 Å². The van der Waals surface area contributed by atoms with Gasteiger partial charge in [-0.25, -0.2) is 0 Å². The molecule has 0 unspecified atom stereocenters. The number of esters is 1. The Labute approximate surface area is 130 Å². The zero-order chi connectivity index (χ0) is 15.5. The second-order valence-electron chi connectivity index (χ2n) is 5.37. The van der Waals surface area contributed by atoms with Crippen LogP contribution in [0.2, 0.25) is 0 Å². The summed E-state index contributed by atoms with van der Waals surface area (Å²) in [6.45, 7) is 0.935. The molecule has 3 rings (SSSR count). The molecule has 1 heterocycles. The Bertz CT molecular complexity index is 696. The van der Waals surface area contributed by atoms with E-state index in [0.29, 0.717) is 6.54 Å². The van der Waals surface area contributed by atoms with E-state index in [1.807, 2.05) is 18.2 Å². The SMILES string of the molecule is COC(=O)CN1Cc2ccc(OC)cc2Cc2ccccc21. The fourth-order valence-corrected chi connectivity index (χ4v) is 2.87. The number of carbonyl (C=O) groups is 1. The normalized spacial score (nSPS) is 12.9. The number of para-hydroxylation sites is 1. The van der Waals surface area contributed by atoms with Gasteiger partial charge in [0.05, 0.1) is 14.2 Å². The van der Waals surface area contributed by atoms with Crippen LogP contribution in [0.15, 0.2) is 42.5 Å². The second-order valence-corrected chi connectivity index (χ2v) is 5.37. The van der Waals surface area contributed by atoms with Crippen LogP contribution >= 0.6 is 0 Å². The maximum absolute atomic E-state index is 11.7. The van der Waals surface area contributed by atoms with Crippen molar-refractivity contribution < 1.29 is 14.3 Å². The van der Waals surface area contributed by atoms with Crippen molar-refractivity contribution in [3.05, 3.63) is 59.2 Å². The van der Waals surface area contributed by atoms with E-state index in [2.05, 4.69) is 29.2 Å². The van der Waals surface area contributed by atoms with E-state index in [9.17, 15) is 4.79 Å². The summed E-state index contributed by atoms with van der Waals surface area (Å²) in [7, 11) is 3.10. The molecule has 2 aromatic rings. The minimum atomic E-state index is -0.230. The topological polar surface area (TPSA) is 38.8 Å². The zero-order valence-electron chi connectivity index (χ0n) is 12.8. The van der Waals surface area contributed by atoms with E-state index >= 15 is 0 Å². The number of carbonyl (C=O) groups excluding carboxylic acids is 1. The Morgan fingerprint density at radius 3 is 2.68 bits per heavy atom. The molecule has 0 fully saturated rings. The lowest BCUT2D eigenvalue weighted by atomic mass is 10.0. The molecule has 4 nitrogen and oxygen atoms in total. The first kappa shape index (κ1) is 14.4. The lowest BCUT2D eigenvalue weighted by Crippen LogP contribution is -2.30. The third-order valence-corrected chi connectivity index (χ3v) is 4.04. The van der Waals surface area contributed by atoms with Gasteiger partial charge in [0, 0.05) is 12.2 Å². The van der Waals surface area contributed by atoms with E-state index in [1.54, 1.807) is 7.11 Å². The minimum Gasteiger partial charge on any atom is -0.497 e. The van der Waals surface area contributed by atoms with Crippen molar-refractivity contribution in [2.24, 2.45) is 0 Å². The maximum atomic E-state index is 11.7. The highest BCUT2D eigenvalue weighted by atomic mass is 16.5. The van der Waals surface area contributed by atoms with Gasteiger partial charge in [0.2, 0.25) is 0 Å². The van der Waals surface area contributed by atoms with Gasteiger partial charge in [-0.2, -0.15) is 0 Å². The van der Waals surface area contributed by atoms with Crippen molar-refractivity contribution in [3.8, 4) is 5.75 Å². The quantitative estimate of drug-likeness (QED) is 0.817. The molecular formula is C18H19NO3. The molecule has 0 atom stereocenters. The van der Waals surface area contributed by atoms with E-state index in [0.717, 1.165) is 17.9 Å². The van der Waals surface area contributed by atoms with E-state index < -0.39 is 0 Å². The van der Waals surface area contributed by atoms with Gasteiger partial charge in [-0.1, -0.05) is 24.3 Å². The predicted molar refractivity (Wildman–Crippen MR) is 85.3 cm³/mol. The van der Waals surface area contributed by atoms with Gasteiger partial charge in [0.25, 0.3) is 0 Å². The third-order valence-electron chi connectivity index (χ3n) is 4.04. The Hall–Kier alpha value is -2.49. The van der Waals surface area contributed by atoms with E-state index in [-0.39, 0.29) is 12.5 Å². The molecular weight excluding hydrogens is 278 g/mol. The van der Waals surface area contributed by atoms with Crippen LogP contribution in [-0.2, 0) is 22.5 Å². The highest BCUT2D eigenvalue weighted by Gasteiger charge is 2.21. The highest BCUT2D eigenvalue weighted by Crippen LogP contribution is 2.32. The van der Waals surface area contributed by atoms with Gasteiger partial charge in [0.1, 0.15) is 12.3 Å². The number of fused-ring (bicyclic) bond motifs is 2. The molecule has 0 saturated carbocycles. The Kier molecular flexibility index (Phi) is 4.00. The molecule has 2 aromatic carbocycles. The summed E-state index contributed by atoms with van der Waals surface area (Å²) in [6, 6.07) is 14.3. The number of rotatable bonds is 3. The number of nitrogens with zero attached hydrogens (tertiary/aromatic N) is 1. The van der Waals surface area contributed by atoms with E-state index in [4.69, 9.17) is 9.47 Å². The molecule has 0 amide bonds. The summed E-state index contributed by atoms with van der Waals surface area (Å²) in [5.41, 5.74) is 4.74. The smallest absolute Gasteiger partial charge is 0.325 e. The minimum absolute atomic E-state index is 0.230. The largest absolute Gasteiger partial charge is 0.497 e. The number of anilines is 1. The number of ether oxygens (including phenoxy) is 2. The zero-order valence-corrected chi connectivity index (χ0v) is 12.8. The van der Waals surface area contributed by atoms with Crippen LogP contribution in [0.25, 0.3) is 0 Å². The Morgan fingerprint density at radius 2 is 1.91 bits per heavy atom. The first-order chi connectivity index (χ1) is 10.7. The van der Waals surface area contributed by atoms with Crippen molar-refractivity contribution in [1.29, 1.82) is 0 Å². The molecule has 22 heavy (non-hydrogen) atoms. The molecule has 114 valence electrons. The lowest BCUT2D eigenvalue weighted by molar-refractivity contribution is -0.138. The molecule has 0 radical (unpaired) electrons. The number of methoxy groups -OCH3 is 2. The van der Waals surface area contributed by atoms with Gasteiger partial charge in [0.15, 0.2) is 0 Å². The number of benzene rings is 2. The number of hydrogen-bond donors (Lipinski definition) is 0. The first-order valence-electron chi connectivity index (χ1n) is 7.26. The standard InChI is InChI=1S/C18H19NO3/c1-21-16-8-7-14-11-19(12-18(20)22-2)17-6-4-3-5-13(17)9-15(14)10-16/h3-8,10H,9,11-12H2,1-2H3. The van der Waals surface area contributed by atoms with Gasteiger partial charge in [-0.3, -0.25) is 4.79 Å². The molecule has 0 N–H and O–H groups in total. The van der Waals surface area contributed by atoms with Crippen molar-refractivity contribution in [3.63, 3.8) is 0 Å². The fourth-order valence-electron chi connectivity index (χ4n) is 2.87. The van der Waals surface area contributed by atoms with Crippen molar-refractivity contribution in [2.75, 3.05) is 25.7 Å². The summed E-state index contributed by atoms with van der Waals surface area (Å²) in [6.07, 6.45) is 0.834. The van der Waals surface area contributed by atoms with Crippen LogP contribution in [0, 0.1) is 0 Å². The predicted octanol–water partition coefficient (Wildman–Crippen LogP) is 2.78. The fraction of sp³-hybridized carbons (Fsp3) is 0.278. The Morgan fingerprint density at radius 1 is 1.09 bits per heavy atom. The molecule has 0 bridgehead atoms. The average molecular weight is 297 g/mol. The van der Waals surface area contributed by atoms with Crippen LogP contribution < -0.4 is 9.64 Å². The first-order valence-corrected chi connectivity index (χ1v) is 7.26. The average Bonchev–Trinajstić information content (AvgIpc) is 2.70. The molecule has 4 heteroatoms. The van der Waals surface area contributed by atoms with Crippen LogP contribution in [0.1, 0.15) is 16.7 Å². The summed E-state index contributed by atoms with van der Waals surface area (Å²) in [5.74, 6) is 0.629. The summed E-state index contributed by atoms with van der Waals surface area (Å²) >= 11 is 0. The molecule has 0 saturated heterocycles. The third kappa shape index (κ3) is 2.77. The molecule has 1 aliphatic heterocycles. The summed E-state index contributed by atoms with van der Waals surface area (Å²) < 4.78 is 10.2.